The Morgan fingerprint density at radius 1 is 1.24 bits per heavy atom. The fourth-order valence-corrected chi connectivity index (χ4v) is 2.89. The summed E-state index contributed by atoms with van der Waals surface area (Å²) in [6, 6.07) is 7.69. The van der Waals surface area contributed by atoms with Crippen LogP contribution in [0.4, 0.5) is 5.82 Å². The van der Waals surface area contributed by atoms with Crippen molar-refractivity contribution in [3.63, 3.8) is 0 Å². The van der Waals surface area contributed by atoms with Crippen LogP contribution in [0.2, 0.25) is 0 Å². The average molecular weight is 343 g/mol. The van der Waals surface area contributed by atoms with E-state index in [1.165, 1.54) is 7.11 Å². The van der Waals surface area contributed by atoms with Gasteiger partial charge in [-0.3, -0.25) is 14.3 Å². The number of hydrogen-bond donors (Lipinski definition) is 0. The van der Waals surface area contributed by atoms with E-state index < -0.39 is 0 Å². The molecule has 0 N–H and O–H groups in total. The number of hydrogen-bond acceptors (Lipinski definition) is 6. The lowest BCUT2D eigenvalue weighted by Gasteiger charge is -2.19. The number of ether oxygens (including phenoxy) is 2. The van der Waals surface area contributed by atoms with Gasteiger partial charge in [0.05, 0.1) is 26.3 Å². The summed E-state index contributed by atoms with van der Waals surface area (Å²) in [5.74, 6) is 1.06. The molecule has 0 spiro atoms. The number of fused-ring (bicyclic) bond motifs is 1. The van der Waals surface area contributed by atoms with Crippen LogP contribution in [-0.2, 0) is 16.1 Å². The van der Waals surface area contributed by atoms with Gasteiger partial charge in [-0.1, -0.05) is 12.1 Å². The minimum atomic E-state index is -0.343. The first-order chi connectivity index (χ1) is 12.1. The fraction of sp³-hybridized carbons (Fsp3) is 0.389. The highest BCUT2D eigenvalue weighted by Gasteiger charge is 2.26. The Morgan fingerprint density at radius 3 is 2.68 bits per heavy atom. The topological polar surface area (TPSA) is 73.7 Å². The van der Waals surface area contributed by atoms with E-state index in [1.807, 2.05) is 29.2 Å². The Morgan fingerprint density at radius 2 is 2.00 bits per heavy atom. The number of carbonyl (C=O) groups excluding carboxylic acids is 2. The zero-order chi connectivity index (χ0) is 17.8. The van der Waals surface area contributed by atoms with Gasteiger partial charge < -0.3 is 14.4 Å². The first kappa shape index (κ1) is 17.0. The largest absolute Gasteiger partial charge is 0.497 e. The van der Waals surface area contributed by atoms with E-state index in [4.69, 9.17) is 9.47 Å². The molecule has 2 aromatic rings. The summed E-state index contributed by atoms with van der Waals surface area (Å²) in [7, 11) is 2.98. The Labute approximate surface area is 146 Å². The maximum absolute atomic E-state index is 12.3. The minimum absolute atomic E-state index is 0.0587. The van der Waals surface area contributed by atoms with Gasteiger partial charge in [0.2, 0.25) is 0 Å². The van der Waals surface area contributed by atoms with Crippen LogP contribution >= 0.6 is 0 Å². The van der Waals surface area contributed by atoms with E-state index in [0.29, 0.717) is 37.3 Å². The number of rotatable bonds is 5. The minimum Gasteiger partial charge on any atom is -0.497 e. The molecule has 1 aromatic heterocycles. The average Bonchev–Trinajstić information content (AvgIpc) is 2.99. The molecule has 0 unspecified atom stereocenters. The SMILES string of the molecule is COC(=O)CN1CCCC(=O)c2cn(Cc3ccc(OC)cc3)nc21. The van der Waals surface area contributed by atoms with Crippen LogP contribution in [-0.4, -0.2) is 48.8 Å². The third-order valence-corrected chi connectivity index (χ3v) is 4.23. The highest BCUT2D eigenvalue weighted by Crippen LogP contribution is 2.25. The number of anilines is 1. The molecule has 7 heteroatoms. The van der Waals surface area contributed by atoms with E-state index in [9.17, 15) is 9.59 Å². The summed E-state index contributed by atoms with van der Waals surface area (Å²) in [5.41, 5.74) is 1.61. The van der Waals surface area contributed by atoms with Crippen LogP contribution in [0.15, 0.2) is 30.5 Å². The van der Waals surface area contributed by atoms with Gasteiger partial charge in [0.1, 0.15) is 12.3 Å². The van der Waals surface area contributed by atoms with E-state index in [0.717, 1.165) is 11.3 Å². The second kappa shape index (κ2) is 7.38. The first-order valence-electron chi connectivity index (χ1n) is 8.16. The van der Waals surface area contributed by atoms with E-state index >= 15 is 0 Å². The maximum Gasteiger partial charge on any atom is 0.325 e. The maximum atomic E-state index is 12.3. The van der Waals surface area contributed by atoms with Gasteiger partial charge in [-0.25, -0.2) is 0 Å². The van der Waals surface area contributed by atoms with Gasteiger partial charge in [0.25, 0.3) is 0 Å². The van der Waals surface area contributed by atoms with E-state index in [2.05, 4.69) is 5.10 Å². The Kier molecular flexibility index (Phi) is 5.02. The second-order valence-corrected chi connectivity index (χ2v) is 5.94. The Bertz CT molecular complexity index is 767. The lowest BCUT2D eigenvalue weighted by Crippen LogP contribution is -2.31. The summed E-state index contributed by atoms with van der Waals surface area (Å²) >= 11 is 0. The Hall–Kier alpha value is -2.83. The number of nitrogens with zero attached hydrogens (tertiary/aromatic N) is 3. The van der Waals surface area contributed by atoms with E-state index in [1.54, 1.807) is 18.0 Å². The summed E-state index contributed by atoms with van der Waals surface area (Å²) < 4.78 is 11.6. The number of carbonyl (C=O) groups is 2. The van der Waals surface area contributed by atoms with Gasteiger partial charge in [-0.15, -0.1) is 0 Å². The lowest BCUT2D eigenvalue weighted by molar-refractivity contribution is -0.138. The van der Waals surface area contributed by atoms with Crippen molar-refractivity contribution in [2.45, 2.75) is 19.4 Å². The molecule has 25 heavy (non-hydrogen) atoms. The van der Waals surface area contributed by atoms with Gasteiger partial charge >= 0.3 is 5.97 Å². The quantitative estimate of drug-likeness (QED) is 0.772. The van der Waals surface area contributed by atoms with Crippen LogP contribution < -0.4 is 9.64 Å². The molecule has 0 fully saturated rings. The number of methoxy groups -OCH3 is 2. The van der Waals surface area contributed by atoms with Gasteiger partial charge in [0.15, 0.2) is 11.6 Å². The van der Waals surface area contributed by atoms with Crippen LogP contribution in [0.3, 0.4) is 0 Å². The van der Waals surface area contributed by atoms with Crippen LogP contribution in [0.1, 0.15) is 28.8 Å². The molecule has 1 aromatic carbocycles. The molecular formula is C18H21N3O4. The van der Waals surface area contributed by atoms with E-state index in [-0.39, 0.29) is 18.3 Å². The molecule has 0 atom stereocenters. The molecule has 0 bridgehead atoms. The normalized spacial score (nSPS) is 14.0. The van der Waals surface area contributed by atoms with Crippen LogP contribution in [0.5, 0.6) is 5.75 Å². The van der Waals surface area contributed by atoms with Crippen molar-refractivity contribution in [1.29, 1.82) is 0 Å². The van der Waals surface area contributed by atoms with Gasteiger partial charge in [-0.2, -0.15) is 5.10 Å². The standard InChI is InChI=1S/C18H21N3O4/c1-24-14-7-5-13(6-8-14)10-21-11-15-16(22)4-3-9-20(18(15)19-21)12-17(23)25-2/h5-8,11H,3-4,9-10,12H2,1-2H3. The second-order valence-electron chi connectivity index (χ2n) is 5.94. The molecule has 132 valence electrons. The molecule has 0 saturated heterocycles. The molecule has 1 aliphatic heterocycles. The number of esters is 1. The smallest absolute Gasteiger partial charge is 0.325 e. The zero-order valence-electron chi connectivity index (χ0n) is 14.4. The van der Waals surface area contributed by atoms with Crippen molar-refractivity contribution in [3.05, 3.63) is 41.6 Å². The number of ketones is 1. The van der Waals surface area contributed by atoms with Crippen LogP contribution in [0, 0.1) is 0 Å². The third-order valence-electron chi connectivity index (χ3n) is 4.23. The molecule has 0 amide bonds. The van der Waals surface area contributed by atoms with Crippen molar-refractivity contribution in [1.82, 2.24) is 9.78 Å². The predicted octanol–water partition coefficient (Wildman–Crippen LogP) is 1.90. The number of benzene rings is 1. The predicted molar refractivity (Wildman–Crippen MR) is 92.1 cm³/mol. The van der Waals surface area contributed by atoms with Gasteiger partial charge in [-0.05, 0) is 24.1 Å². The molecule has 0 radical (unpaired) electrons. The molecule has 7 nitrogen and oxygen atoms in total. The van der Waals surface area contributed by atoms with Crippen molar-refractivity contribution in [3.8, 4) is 5.75 Å². The molecule has 1 aliphatic rings. The summed E-state index contributed by atoms with van der Waals surface area (Å²) in [6.07, 6.45) is 2.92. The molecule has 0 aliphatic carbocycles. The van der Waals surface area contributed by atoms with Crippen molar-refractivity contribution >= 4 is 17.6 Å². The first-order valence-corrected chi connectivity index (χ1v) is 8.16. The molecular weight excluding hydrogens is 322 g/mol. The summed E-state index contributed by atoms with van der Waals surface area (Å²) in [5, 5.41) is 4.55. The zero-order valence-corrected chi connectivity index (χ0v) is 14.4. The van der Waals surface area contributed by atoms with Crippen molar-refractivity contribution < 1.29 is 19.1 Å². The Balaban J connectivity index is 1.85. The fourth-order valence-electron chi connectivity index (χ4n) is 2.89. The third kappa shape index (κ3) is 3.81. The van der Waals surface area contributed by atoms with Gasteiger partial charge in [0, 0.05) is 19.2 Å². The number of Topliss-reactive ketones (excluding diaryl/α,β-unsaturated/α-hetero) is 1. The molecule has 3 rings (SSSR count). The highest BCUT2D eigenvalue weighted by molar-refractivity contribution is 6.01. The number of aromatic nitrogens is 2. The monoisotopic (exact) mass is 343 g/mol. The lowest BCUT2D eigenvalue weighted by atomic mass is 10.1. The summed E-state index contributed by atoms with van der Waals surface area (Å²) in [6.45, 7) is 1.24. The van der Waals surface area contributed by atoms with Crippen LogP contribution in [0.25, 0.3) is 0 Å². The molecule has 2 heterocycles. The van der Waals surface area contributed by atoms with Crippen molar-refractivity contribution in [2.75, 3.05) is 32.2 Å². The summed E-state index contributed by atoms with van der Waals surface area (Å²) in [4.78, 5) is 25.8. The highest BCUT2D eigenvalue weighted by atomic mass is 16.5. The van der Waals surface area contributed by atoms with Crippen molar-refractivity contribution in [2.24, 2.45) is 0 Å². The molecule has 0 saturated carbocycles.